The summed E-state index contributed by atoms with van der Waals surface area (Å²) in [5.74, 6) is 2.19. The van der Waals surface area contributed by atoms with Gasteiger partial charge in [-0.2, -0.15) is 4.98 Å². The molecule has 0 aliphatic rings. The monoisotopic (exact) mass is 309 g/mol. The molecule has 1 N–H and O–H groups in total. The molecule has 0 atom stereocenters. The summed E-state index contributed by atoms with van der Waals surface area (Å²) in [5.41, 5.74) is 3.21. The third-order valence-electron chi connectivity index (χ3n) is 3.68. The lowest BCUT2D eigenvalue weighted by Crippen LogP contribution is -2.09. The number of rotatable bonds is 6. The molecule has 0 radical (unpaired) electrons. The zero-order chi connectivity index (χ0) is 16.1. The molecular formula is C17H19N5O. The topological polar surface area (TPSA) is 76.7 Å². The molecule has 3 rings (SSSR count). The third kappa shape index (κ3) is 3.91. The minimum atomic E-state index is 0.631. The van der Waals surface area contributed by atoms with E-state index in [4.69, 9.17) is 4.52 Å². The van der Waals surface area contributed by atoms with E-state index in [0.29, 0.717) is 31.1 Å². The molecule has 23 heavy (non-hydrogen) atoms. The first-order chi connectivity index (χ1) is 11.2. The lowest BCUT2D eigenvalue weighted by atomic mass is 10.1. The zero-order valence-corrected chi connectivity index (χ0v) is 13.3. The van der Waals surface area contributed by atoms with E-state index in [2.05, 4.69) is 37.6 Å². The second-order valence-corrected chi connectivity index (χ2v) is 5.38. The zero-order valence-electron chi connectivity index (χ0n) is 13.3. The first kappa shape index (κ1) is 15.1. The number of nitrogens with zero attached hydrogens (tertiary/aromatic N) is 4. The molecule has 0 saturated heterocycles. The summed E-state index contributed by atoms with van der Waals surface area (Å²) in [6, 6.07) is 10.1. The van der Waals surface area contributed by atoms with E-state index in [0.717, 1.165) is 17.1 Å². The van der Waals surface area contributed by atoms with Crippen molar-refractivity contribution in [2.24, 2.45) is 0 Å². The number of nitrogens with one attached hydrogen (secondary N) is 1. The normalized spacial score (nSPS) is 10.7. The molecule has 0 aliphatic heterocycles. The average molecular weight is 309 g/mol. The van der Waals surface area contributed by atoms with Gasteiger partial charge < -0.3 is 9.84 Å². The fourth-order valence-electron chi connectivity index (χ4n) is 2.25. The van der Waals surface area contributed by atoms with Crippen molar-refractivity contribution in [3.05, 3.63) is 65.2 Å². The van der Waals surface area contributed by atoms with Gasteiger partial charge in [-0.1, -0.05) is 35.5 Å². The summed E-state index contributed by atoms with van der Waals surface area (Å²) < 4.78 is 5.29. The fraction of sp³-hybridized carbons (Fsp3) is 0.294. The number of anilines is 1. The van der Waals surface area contributed by atoms with E-state index in [9.17, 15) is 0 Å². The van der Waals surface area contributed by atoms with Crippen molar-refractivity contribution in [1.29, 1.82) is 0 Å². The maximum atomic E-state index is 5.29. The summed E-state index contributed by atoms with van der Waals surface area (Å²) in [5, 5.41) is 7.31. The predicted octanol–water partition coefficient (Wildman–Crippen LogP) is 2.72. The molecule has 0 fully saturated rings. The molecule has 0 amide bonds. The van der Waals surface area contributed by atoms with Gasteiger partial charge in [0.05, 0.1) is 0 Å². The predicted molar refractivity (Wildman–Crippen MR) is 87.2 cm³/mol. The van der Waals surface area contributed by atoms with Crippen LogP contribution in [-0.4, -0.2) is 26.7 Å². The Kier molecular flexibility index (Phi) is 4.61. The number of hydrogen-bond donors (Lipinski definition) is 1. The Bertz CT molecular complexity index is 770. The van der Waals surface area contributed by atoms with Crippen LogP contribution in [0.25, 0.3) is 0 Å². The van der Waals surface area contributed by atoms with Crippen LogP contribution in [0.1, 0.15) is 28.5 Å². The molecule has 118 valence electrons. The second kappa shape index (κ2) is 7.00. The minimum Gasteiger partial charge on any atom is -0.369 e. The molecule has 0 aliphatic carbocycles. The van der Waals surface area contributed by atoms with E-state index in [1.165, 1.54) is 5.56 Å². The molecule has 6 heteroatoms. The van der Waals surface area contributed by atoms with Crippen molar-refractivity contribution >= 4 is 5.82 Å². The number of aromatic nitrogens is 4. The highest BCUT2D eigenvalue weighted by atomic mass is 16.5. The lowest BCUT2D eigenvalue weighted by molar-refractivity contribution is 0.376. The van der Waals surface area contributed by atoms with Gasteiger partial charge in [0.2, 0.25) is 5.89 Å². The molecule has 2 aromatic heterocycles. The van der Waals surface area contributed by atoms with Crippen molar-refractivity contribution in [1.82, 2.24) is 20.1 Å². The molecular weight excluding hydrogens is 290 g/mol. The van der Waals surface area contributed by atoms with Crippen LogP contribution in [0.3, 0.4) is 0 Å². The smallest absolute Gasteiger partial charge is 0.228 e. The Morgan fingerprint density at radius 3 is 2.74 bits per heavy atom. The quantitative estimate of drug-likeness (QED) is 0.754. The number of aryl methyl sites for hydroxylation is 1. The Labute approximate surface area is 135 Å². The average Bonchev–Trinajstić information content (AvgIpc) is 3.00. The first-order valence-electron chi connectivity index (χ1n) is 7.60. The number of benzene rings is 1. The Balaban J connectivity index is 1.54. The van der Waals surface area contributed by atoms with Crippen LogP contribution in [0.5, 0.6) is 0 Å². The maximum absolute atomic E-state index is 5.29. The van der Waals surface area contributed by atoms with Crippen molar-refractivity contribution < 1.29 is 4.52 Å². The van der Waals surface area contributed by atoms with Gasteiger partial charge in [0.15, 0.2) is 5.82 Å². The van der Waals surface area contributed by atoms with Crippen molar-refractivity contribution in [3.63, 3.8) is 0 Å². The Morgan fingerprint density at radius 1 is 1.09 bits per heavy atom. The molecule has 0 unspecified atom stereocenters. The summed E-state index contributed by atoms with van der Waals surface area (Å²) in [7, 11) is 0. The molecule has 0 bridgehead atoms. The van der Waals surface area contributed by atoms with Crippen molar-refractivity contribution in [2.45, 2.75) is 26.7 Å². The Hall–Kier alpha value is -2.76. The van der Waals surface area contributed by atoms with Crippen LogP contribution in [-0.2, 0) is 12.8 Å². The fourth-order valence-corrected chi connectivity index (χ4v) is 2.25. The van der Waals surface area contributed by atoms with E-state index >= 15 is 0 Å². The number of hydrogen-bond acceptors (Lipinski definition) is 6. The van der Waals surface area contributed by atoms with E-state index in [-0.39, 0.29) is 0 Å². The van der Waals surface area contributed by atoms with Gasteiger partial charge in [-0.3, -0.25) is 0 Å². The van der Waals surface area contributed by atoms with Gasteiger partial charge in [-0.05, 0) is 19.4 Å². The summed E-state index contributed by atoms with van der Waals surface area (Å²) in [6.45, 7) is 4.66. The van der Waals surface area contributed by atoms with E-state index in [1.807, 2.05) is 32.0 Å². The highest BCUT2D eigenvalue weighted by Gasteiger charge is 2.08. The third-order valence-corrected chi connectivity index (χ3v) is 3.68. The Morgan fingerprint density at radius 2 is 1.91 bits per heavy atom. The van der Waals surface area contributed by atoms with Crippen molar-refractivity contribution in [2.75, 3.05) is 11.9 Å². The standard InChI is InChI=1S/C17H19N5O/c1-12-13(2)19-11-20-17(12)18-9-8-16-21-15(22-23-16)10-14-6-4-3-5-7-14/h3-7,11H,8-10H2,1-2H3,(H,18,19,20). The lowest BCUT2D eigenvalue weighted by Gasteiger charge is -2.07. The minimum absolute atomic E-state index is 0.631. The maximum Gasteiger partial charge on any atom is 0.228 e. The van der Waals surface area contributed by atoms with Crippen LogP contribution >= 0.6 is 0 Å². The summed E-state index contributed by atoms with van der Waals surface area (Å²) in [4.78, 5) is 12.8. The highest BCUT2D eigenvalue weighted by molar-refractivity contribution is 5.44. The van der Waals surface area contributed by atoms with Crippen LogP contribution < -0.4 is 5.32 Å². The molecule has 0 spiro atoms. The molecule has 2 heterocycles. The van der Waals surface area contributed by atoms with Gasteiger partial charge in [-0.15, -0.1) is 0 Å². The van der Waals surface area contributed by atoms with Gasteiger partial charge in [0.1, 0.15) is 12.1 Å². The van der Waals surface area contributed by atoms with Crippen LogP contribution in [0.15, 0.2) is 41.2 Å². The van der Waals surface area contributed by atoms with E-state index in [1.54, 1.807) is 6.33 Å². The first-order valence-corrected chi connectivity index (χ1v) is 7.60. The van der Waals surface area contributed by atoms with E-state index < -0.39 is 0 Å². The van der Waals surface area contributed by atoms with Gasteiger partial charge >= 0.3 is 0 Å². The van der Waals surface area contributed by atoms with Gasteiger partial charge in [-0.25, -0.2) is 9.97 Å². The molecule has 0 saturated carbocycles. The summed E-state index contributed by atoms with van der Waals surface area (Å²) in [6.07, 6.45) is 2.90. The van der Waals surface area contributed by atoms with Crippen LogP contribution in [0.4, 0.5) is 5.82 Å². The molecule has 6 nitrogen and oxygen atoms in total. The second-order valence-electron chi connectivity index (χ2n) is 5.38. The largest absolute Gasteiger partial charge is 0.369 e. The molecule has 3 aromatic rings. The van der Waals surface area contributed by atoms with Gasteiger partial charge in [0, 0.05) is 30.6 Å². The molecule has 1 aromatic carbocycles. The SMILES string of the molecule is Cc1ncnc(NCCc2nc(Cc3ccccc3)no2)c1C. The van der Waals surface area contributed by atoms with Crippen LogP contribution in [0, 0.1) is 13.8 Å². The highest BCUT2D eigenvalue weighted by Crippen LogP contribution is 2.12. The van der Waals surface area contributed by atoms with Crippen LogP contribution in [0.2, 0.25) is 0 Å². The van der Waals surface area contributed by atoms with Gasteiger partial charge in [0.25, 0.3) is 0 Å². The van der Waals surface area contributed by atoms with Crippen molar-refractivity contribution in [3.8, 4) is 0 Å². The summed E-state index contributed by atoms with van der Waals surface area (Å²) >= 11 is 0.